The van der Waals surface area contributed by atoms with Crippen molar-refractivity contribution in [3.63, 3.8) is 0 Å². The van der Waals surface area contributed by atoms with Gasteiger partial charge in [-0.2, -0.15) is 91.1 Å². The fourth-order valence-electron chi connectivity index (χ4n) is 3.07. The fraction of sp³-hybridized carbons (Fsp3) is 0.217. The van der Waals surface area contributed by atoms with Gasteiger partial charge in [0.15, 0.2) is 11.2 Å². The number of hydrogen-bond donors (Lipinski definition) is 1. The van der Waals surface area contributed by atoms with Crippen LogP contribution in [0.25, 0.3) is 21.8 Å². The van der Waals surface area contributed by atoms with Gasteiger partial charge < -0.3 is 9.17 Å². The highest BCUT2D eigenvalue weighted by Gasteiger charge is 2.57. The van der Waals surface area contributed by atoms with Crippen LogP contribution in [0.5, 0.6) is 5.75 Å². The third-order valence-electron chi connectivity index (χ3n) is 5.24. The first-order chi connectivity index (χ1) is 23.1. The zero-order valence-corrected chi connectivity index (χ0v) is 26.2. The van der Waals surface area contributed by atoms with E-state index in [9.17, 15) is 95.9 Å². The molecule has 0 aliphatic carbocycles. The molecule has 2 aromatic carbocycles. The smallest absolute Gasteiger partial charge is 0.375 e. The average molecular weight is 841 g/mol. The third-order valence-corrected chi connectivity index (χ3v) is 8.77. The van der Waals surface area contributed by atoms with Crippen molar-refractivity contribution in [3.8, 4) is 5.75 Å². The highest BCUT2D eigenvalue weighted by molar-refractivity contribution is 8.00. The van der Waals surface area contributed by atoms with Crippen molar-refractivity contribution in [1.82, 2.24) is 9.97 Å². The van der Waals surface area contributed by atoms with Crippen LogP contribution in [0.1, 0.15) is 11.4 Å². The molecule has 4 aromatic rings. The molecule has 2 heterocycles. The average Bonchev–Trinajstić information content (AvgIpc) is 2.94. The molecular formula is C23H11F15N2O9S3. The first kappa shape index (κ1) is 43.8. The maximum absolute atomic E-state index is 12.7. The lowest BCUT2D eigenvalue weighted by atomic mass is 10.2. The van der Waals surface area contributed by atoms with Crippen LogP contribution in [-0.4, -0.2) is 51.7 Å². The van der Waals surface area contributed by atoms with Crippen LogP contribution in [0.4, 0.5) is 65.9 Å². The van der Waals surface area contributed by atoms with E-state index < -0.39 is 81.8 Å². The minimum Gasteiger partial charge on any atom is -0.375 e. The molecular weight excluding hydrogens is 829 g/mol. The number of nitrogens with one attached hydrogen (secondary N) is 1. The second-order valence-corrected chi connectivity index (χ2v) is 13.8. The first-order valence-corrected chi connectivity index (χ1v) is 16.3. The number of halogens is 15. The number of aromatic amines is 1. The Hall–Kier alpha value is -4.38. The van der Waals surface area contributed by atoms with E-state index in [1.807, 2.05) is 3.63 Å². The number of fused-ring (bicyclic) bond motifs is 2. The Labute approximate surface area is 278 Å². The molecule has 1 N–H and O–H groups in total. The molecule has 0 atom stereocenters. The maximum Gasteiger partial charge on any atom is 0.534 e. The van der Waals surface area contributed by atoms with Gasteiger partial charge in [-0.05, 0) is 24.3 Å². The Morgan fingerprint density at radius 2 is 1.00 bits per heavy atom. The van der Waals surface area contributed by atoms with E-state index >= 15 is 0 Å². The molecule has 0 saturated carbocycles. The molecule has 0 fully saturated rings. The highest BCUT2D eigenvalue weighted by atomic mass is 32.3. The number of H-pyrrole nitrogens is 1. The third kappa shape index (κ3) is 10.8. The topological polar surface area (TPSA) is 167 Å². The molecule has 29 heteroatoms. The largest absolute Gasteiger partial charge is 0.534 e. The summed E-state index contributed by atoms with van der Waals surface area (Å²) in [6.07, 6.45) is -9.51. The summed E-state index contributed by atoms with van der Waals surface area (Å²) >= 11 is 0. The van der Waals surface area contributed by atoms with Gasteiger partial charge in [-0.25, -0.2) is 4.98 Å². The van der Waals surface area contributed by atoms with E-state index in [1.165, 1.54) is 24.3 Å². The standard InChI is InChI=1S/C11H5F6NO3S.C10H6F3NO.C2F6O5S2/c12-10(13,14)9-5-8(21-22(19,20)11(15,16)17)6-3-1-2-4-7(6)18-9;11-10(12,13)9-5-8(15)6-3-1-2-4-7(6)14-9;3-1(4,5)14(9,10)13-15(11,12)2(6,7)8/h1-5H;1-5H,(H,14,15);. The van der Waals surface area contributed by atoms with E-state index in [-0.39, 0.29) is 27.9 Å². The van der Waals surface area contributed by atoms with E-state index in [0.717, 1.165) is 12.1 Å². The summed E-state index contributed by atoms with van der Waals surface area (Å²) < 4.78 is 248. The SMILES string of the molecule is O=S(=O)(OS(=O)(=O)C(F)(F)F)C(F)(F)F.O=S(=O)(Oc1cc(C(F)(F)F)nc2ccccc12)C(F)(F)F.O=c1cc(C(F)(F)F)[nH]c2ccccc12. The lowest BCUT2D eigenvalue weighted by Gasteiger charge is -2.13. The van der Waals surface area contributed by atoms with Gasteiger partial charge in [0.1, 0.15) is 11.4 Å². The number of pyridine rings is 2. The first-order valence-electron chi connectivity index (χ1n) is 12.1. The molecule has 0 bridgehead atoms. The van der Waals surface area contributed by atoms with Crippen LogP contribution in [0, 0.1) is 0 Å². The second kappa shape index (κ2) is 14.6. The van der Waals surface area contributed by atoms with Crippen LogP contribution >= 0.6 is 0 Å². The van der Waals surface area contributed by atoms with Crippen LogP contribution in [0.3, 0.4) is 0 Å². The molecule has 2 aromatic heterocycles. The van der Waals surface area contributed by atoms with Crippen molar-refractivity contribution >= 4 is 52.2 Å². The van der Waals surface area contributed by atoms with Gasteiger partial charge in [0.2, 0.25) is 0 Å². The molecule has 290 valence electrons. The van der Waals surface area contributed by atoms with Gasteiger partial charge >= 0.3 is 59.2 Å². The van der Waals surface area contributed by atoms with Gasteiger partial charge in [0.05, 0.1) is 5.52 Å². The molecule has 0 aliphatic rings. The predicted molar refractivity (Wildman–Crippen MR) is 143 cm³/mol. The number of nitrogens with zero attached hydrogens (tertiary/aromatic N) is 1. The summed E-state index contributed by atoms with van der Waals surface area (Å²) in [6, 6.07) is 11.5. The summed E-state index contributed by atoms with van der Waals surface area (Å²) in [7, 11) is -19.8. The molecule has 11 nitrogen and oxygen atoms in total. The van der Waals surface area contributed by atoms with Gasteiger partial charge in [-0.15, -0.1) is 3.63 Å². The Kier molecular flexibility index (Phi) is 12.3. The van der Waals surface area contributed by atoms with Gasteiger partial charge in [0, 0.05) is 28.4 Å². The van der Waals surface area contributed by atoms with Gasteiger partial charge in [0.25, 0.3) is 0 Å². The van der Waals surface area contributed by atoms with E-state index in [4.69, 9.17) is 0 Å². The van der Waals surface area contributed by atoms with Gasteiger partial charge in [-0.3, -0.25) is 4.79 Å². The quantitative estimate of drug-likeness (QED) is 0.132. The van der Waals surface area contributed by atoms with Crippen molar-refractivity contribution in [2.75, 3.05) is 0 Å². The van der Waals surface area contributed by atoms with Crippen LogP contribution in [0.2, 0.25) is 0 Å². The zero-order valence-electron chi connectivity index (χ0n) is 23.8. The molecule has 0 radical (unpaired) electrons. The predicted octanol–water partition coefficient (Wildman–Crippen LogP) is 6.73. The van der Waals surface area contributed by atoms with Crippen molar-refractivity contribution < 1.29 is 98.9 Å². The normalized spacial score (nSPS) is 13.5. The Bertz CT molecular complexity index is 2270. The second-order valence-electron chi connectivity index (χ2n) is 8.96. The summed E-state index contributed by atoms with van der Waals surface area (Å²) in [5.41, 5.74) is -21.7. The Morgan fingerprint density at radius 3 is 1.44 bits per heavy atom. The Morgan fingerprint density at radius 1 is 0.558 bits per heavy atom. The van der Waals surface area contributed by atoms with Crippen molar-refractivity contribution in [1.29, 1.82) is 0 Å². The summed E-state index contributed by atoms with van der Waals surface area (Å²) in [4.78, 5) is 16.7. The molecule has 0 unspecified atom stereocenters. The van der Waals surface area contributed by atoms with Crippen LogP contribution in [0.15, 0.2) is 65.5 Å². The highest BCUT2D eigenvalue weighted by Crippen LogP contribution is 2.37. The molecule has 0 amide bonds. The van der Waals surface area contributed by atoms with E-state index in [1.54, 1.807) is 12.1 Å². The van der Waals surface area contributed by atoms with Crippen molar-refractivity contribution in [2.24, 2.45) is 0 Å². The molecule has 0 spiro atoms. The lowest BCUT2D eigenvalue weighted by molar-refractivity contribution is -0.141. The van der Waals surface area contributed by atoms with E-state index in [2.05, 4.69) is 14.2 Å². The van der Waals surface area contributed by atoms with Crippen molar-refractivity contribution in [2.45, 2.75) is 28.9 Å². The monoisotopic (exact) mass is 840 g/mol. The van der Waals surface area contributed by atoms with Crippen molar-refractivity contribution in [3.05, 3.63) is 82.3 Å². The number of alkyl halides is 15. The minimum atomic E-state index is -6.85. The van der Waals surface area contributed by atoms with Crippen LogP contribution in [-0.2, 0) is 46.3 Å². The molecule has 52 heavy (non-hydrogen) atoms. The minimum absolute atomic E-state index is 0.103. The number of para-hydroxylation sites is 2. The molecule has 0 aliphatic heterocycles. The zero-order chi connectivity index (χ0) is 40.5. The number of benzene rings is 2. The number of hydrogen-bond acceptors (Lipinski definition) is 10. The molecule has 4 rings (SSSR count). The van der Waals surface area contributed by atoms with Gasteiger partial charge in [-0.1, -0.05) is 24.3 Å². The fourth-order valence-corrected chi connectivity index (χ4v) is 5.10. The lowest BCUT2D eigenvalue weighted by Crippen LogP contribution is -2.34. The number of aromatic nitrogens is 2. The molecule has 0 saturated heterocycles. The number of rotatable bonds is 4. The summed E-state index contributed by atoms with van der Waals surface area (Å²) in [5.74, 6) is -1.10. The van der Waals surface area contributed by atoms with Crippen LogP contribution < -0.4 is 9.61 Å². The Balaban J connectivity index is 0.000000279. The summed E-state index contributed by atoms with van der Waals surface area (Å²) in [5, 5.41) is -0.0474. The summed E-state index contributed by atoms with van der Waals surface area (Å²) in [6.45, 7) is 0. The van der Waals surface area contributed by atoms with E-state index in [0.29, 0.717) is 6.07 Å². The maximum atomic E-state index is 12.7.